The van der Waals surface area contributed by atoms with E-state index < -0.39 is 11.6 Å². The average molecular weight is 437 g/mol. The van der Waals surface area contributed by atoms with Crippen LogP contribution in [0.15, 0.2) is 12.1 Å². The Hall–Kier alpha value is -2.48. The first-order chi connectivity index (χ1) is 14.2. The van der Waals surface area contributed by atoms with Crippen LogP contribution in [0.1, 0.15) is 39.2 Å². The number of halogens is 1. The van der Waals surface area contributed by atoms with Gasteiger partial charge in [-0.15, -0.1) is 0 Å². The van der Waals surface area contributed by atoms with Crippen molar-refractivity contribution in [2.45, 2.75) is 51.6 Å². The summed E-state index contributed by atoms with van der Waals surface area (Å²) >= 11 is 6.33. The summed E-state index contributed by atoms with van der Waals surface area (Å²) in [6.07, 6.45) is 1.29. The van der Waals surface area contributed by atoms with E-state index in [1.165, 1.54) is 0 Å². The molecule has 2 saturated heterocycles. The molecule has 2 heterocycles. The third-order valence-corrected chi connectivity index (χ3v) is 6.33. The number of rotatable bonds is 6. The summed E-state index contributed by atoms with van der Waals surface area (Å²) in [4.78, 5) is 40.1. The minimum Gasteiger partial charge on any atom is -0.495 e. The number of amides is 4. The van der Waals surface area contributed by atoms with E-state index in [-0.39, 0.29) is 30.7 Å². The summed E-state index contributed by atoms with van der Waals surface area (Å²) in [5.41, 5.74) is 1.01. The van der Waals surface area contributed by atoms with Crippen molar-refractivity contribution in [3.05, 3.63) is 22.7 Å². The van der Waals surface area contributed by atoms with Crippen LogP contribution in [0.3, 0.4) is 0 Å². The van der Waals surface area contributed by atoms with Crippen molar-refractivity contribution in [2.24, 2.45) is 0 Å². The van der Waals surface area contributed by atoms with Crippen LogP contribution in [-0.2, 0) is 16.0 Å². The van der Waals surface area contributed by atoms with Crippen molar-refractivity contribution >= 4 is 35.1 Å². The lowest BCUT2D eigenvalue weighted by atomic mass is 9.95. The van der Waals surface area contributed by atoms with Crippen molar-refractivity contribution < 1.29 is 19.1 Å². The number of ether oxygens (including phenoxy) is 1. The van der Waals surface area contributed by atoms with Crippen molar-refractivity contribution in [3.63, 3.8) is 0 Å². The van der Waals surface area contributed by atoms with Crippen LogP contribution < -0.4 is 20.3 Å². The quantitative estimate of drug-likeness (QED) is 0.668. The summed E-state index contributed by atoms with van der Waals surface area (Å²) in [6, 6.07) is 3.49. The molecule has 9 heteroatoms. The summed E-state index contributed by atoms with van der Waals surface area (Å²) in [6.45, 7) is 7.59. The lowest BCUT2D eigenvalue weighted by molar-refractivity contribution is -0.132. The molecule has 3 rings (SSSR count). The van der Waals surface area contributed by atoms with E-state index in [1.54, 1.807) is 14.0 Å². The number of aryl methyl sites for hydroxylation is 1. The fourth-order valence-corrected chi connectivity index (χ4v) is 4.35. The van der Waals surface area contributed by atoms with Crippen LogP contribution in [0, 0.1) is 0 Å². The number of carbonyl (C=O) groups is 3. The average Bonchev–Trinajstić information content (AvgIpc) is 2.97. The number of piperazine rings is 1. The molecule has 8 nitrogen and oxygen atoms in total. The third kappa shape index (κ3) is 4.33. The molecule has 0 aromatic heterocycles. The van der Waals surface area contributed by atoms with E-state index in [4.69, 9.17) is 16.3 Å². The van der Waals surface area contributed by atoms with Gasteiger partial charge >= 0.3 is 6.03 Å². The van der Waals surface area contributed by atoms with Gasteiger partial charge in [0.2, 0.25) is 5.91 Å². The number of carbonyl (C=O) groups excluding carboxylic acids is 3. The number of methoxy groups -OCH3 is 1. The molecule has 30 heavy (non-hydrogen) atoms. The summed E-state index contributed by atoms with van der Waals surface area (Å²) in [7, 11) is 1.63. The van der Waals surface area contributed by atoms with E-state index >= 15 is 0 Å². The number of nitrogens with zero attached hydrogens (tertiary/aromatic N) is 2. The maximum absolute atomic E-state index is 12.8. The molecule has 1 aromatic carbocycles. The summed E-state index contributed by atoms with van der Waals surface area (Å²) < 4.78 is 5.55. The van der Waals surface area contributed by atoms with E-state index in [9.17, 15) is 14.4 Å². The number of nitrogens with one attached hydrogen (secondary N) is 2. The molecule has 0 unspecified atom stereocenters. The lowest BCUT2D eigenvalue weighted by Gasteiger charge is -2.42. The number of hydrogen-bond acceptors (Lipinski definition) is 5. The third-order valence-electron chi connectivity index (χ3n) is 5.97. The SMILES string of the molecule is CCc1cc(N2CCN(C(=O)CC[C@@]3(C)NC(=O)NC3=O)C[C@@H]2C)c(OC)cc1Cl. The second kappa shape index (κ2) is 8.71. The van der Waals surface area contributed by atoms with Gasteiger partial charge in [0.25, 0.3) is 5.91 Å². The van der Waals surface area contributed by atoms with E-state index in [1.807, 2.05) is 11.0 Å². The standard InChI is InChI=1S/C21H29ClN4O4/c1-5-14-10-16(17(30-4)11-15(14)22)26-9-8-25(12-13(26)2)18(27)6-7-21(3)19(28)23-20(29)24-21/h10-11,13H,5-9,12H2,1-4H3,(H2,23,24,28,29)/t13-,21+/m0/s1. The Morgan fingerprint density at radius 2 is 2.07 bits per heavy atom. The molecule has 0 radical (unpaired) electrons. The van der Waals surface area contributed by atoms with Crippen molar-refractivity contribution in [1.82, 2.24) is 15.5 Å². The maximum atomic E-state index is 12.8. The largest absolute Gasteiger partial charge is 0.495 e. The van der Waals surface area contributed by atoms with Gasteiger partial charge in [-0.2, -0.15) is 0 Å². The second-order valence-electron chi connectivity index (χ2n) is 8.09. The number of anilines is 1. The number of hydrogen-bond donors (Lipinski definition) is 2. The summed E-state index contributed by atoms with van der Waals surface area (Å²) in [5.74, 6) is 0.314. The first-order valence-electron chi connectivity index (χ1n) is 10.2. The number of urea groups is 1. The maximum Gasteiger partial charge on any atom is 0.322 e. The highest BCUT2D eigenvalue weighted by atomic mass is 35.5. The van der Waals surface area contributed by atoms with E-state index in [0.29, 0.717) is 24.7 Å². The zero-order valence-electron chi connectivity index (χ0n) is 17.9. The Kier molecular flexibility index (Phi) is 6.45. The highest BCUT2D eigenvalue weighted by Crippen LogP contribution is 2.36. The Morgan fingerprint density at radius 3 is 2.63 bits per heavy atom. The molecule has 0 spiro atoms. The molecule has 1 aromatic rings. The van der Waals surface area contributed by atoms with E-state index in [2.05, 4.69) is 35.4 Å². The molecule has 4 amide bonds. The van der Waals surface area contributed by atoms with Gasteiger partial charge in [0.05, 0.1) is 12.8 Å². The van der Waals surface area contributed by atoms with Crippen LogP contribution in [0.25, 0.3) is 0 Å². The van der Waals surface area contributed by atoms with Crippen LogP contribution >= 0.6 is 11.6 Å². The predicted molar refractivity (Wildman–Crippen MR) is 115 cm³/mol. The highest BCUT2D eigenvalue weighted by Gasteiger charge is 2.42. The van der Waals surface area contributed by atoms with Crippen LogP contribution in [0.5, 0.6) is 5.75 Å². The Labute approximate surface area is 181 Å². The van der Waals surface area contributed by atoms with E-state index in [0.717, 1.165) is 23.4 Å². The molecule has 2 fully saturated rings. The van der Waals surface area contributed by atoms with Gasteiger partial charge in [0, 0.05) is 43.2 Å². The molecule has 0 aliphatic carbocycles. The van der Waals surface area contributed by atoms with Crippen LogP contribution in [0.2, 0.25) is 5.02 Å². The van der Waals surface area contributed by atoms with Crippen LogP contribution in [0.4, 0.5) is 10.5 Å². The zero-order chi connectivity index (χ0) is 22.1. The number of benzene rings is 1. The predicted octanol–water partition coefficient (Wildman–Crippen LogP) is 2.33. The molecule has 2 aliphatic rings. The van der Waals surface area contributed by atoms with Gasteiger partial charge in [0.15, 0.2) is 0 Å². The van der Waals surface area contributed by atoms with Gasteiger partial charge in [-0.05, 0) is 38.3 Å². The number of imide groups is 1. The Bertz CT molecular complexity index is 862. The fourth-order valence-electron chi connectivity index (χ4n) is 4.06. The minimum atomic E-state index is -1.03. The Balaban J connectivity index is 1.65. The van der Waals surface area contributed by atoms with Gasteiger partial charge in [-0.1, -0.05) is 18.5 Å². The topological polar surface area (TPSA) is 91.0 Å². The van der Waals surface area contributed by atoms with Crippen molar-refractivity contribution in [3.8, 4) is 5.75 Å². The minimum absolute atomic E-state index is 0.0195. The molecule has 0 saturated carbocycles. The molecular formula is C21H29ClN4O4. The van der Waals surface area contributed by atoms with Gasteiger partial charge in [-0.3, -0.25) is 14.9 Å². The van der Waals surface area contributed by atoms with Crippen LogP contribution in [-0.4, -0.2) is 61.1 Å². The highest BCUT2D eigenvalue weighted by molar-refractivity contribution is 6.31. The molecule has 0 bridgehead atoms. The van der Waals surface area contributed by atoms with Crippen molar-refractivity contribution in [1.29, 1.82) is 0 Å². The molecule has 2 aliphatic heterocycles. The monoisotopic (exact) mass is 436 g/mol. The molecule has 2 atom stereocenters. The first kappa shape index (κ1) is 22.2. The van der Waals surface area contributed by atoms with Gasteiger partial charge in [0.1, 0.15) is 11.3 Å². The summed E-state index contributed by atoms with van der Waals surface area (Å²) in [5, 5.41) is 5.52. The lowest BCUT2D eigenvalue weighted by Crippen LogP contribution is -2.54. The smallest absolute Gasteiger partial charge is 0.322 e. The van der Waals surface area contributed by atoms with Gasteiger partial charge < -0.3 is 19.9 Å². The Morgan fingerprint density at radius 1 is 1.33 bits per heavy atom. The second-order valence-corrected chi connectivity index (χ2v) is 8.50. The van der Waals surface area contributed by atoms with Crippen molar-refractivity contribution in [2.75, 3.05) is 31.6 Å². The zero-order valence-corrected chi connectivity index (χ0v) is 18.6. The molecular weight excluding hydrogens is 408 g/mol. The molecule has 164 valence electrons. The van der Waals surface area contributed by atoms with Gasteiger partial charge in [-0.25, -0.2) is 4.79 Å². The molecule has 2 N–H and O–H groups in total. The normalized spacial score (nSPS) is 24.0. The fraction of sp³-hybridized carbons (Fsp3) is 0.571. The first-order valence-corrected chi connectivity index (χ1v) is 10.6.